The number of ether oxygens (including phenoxy) is 1. The molecule has 0 bridgehead atoms. The first-order valence-electron chi connectivity index (χ1n) is 6.37. The Balaban J connectivity index is 1.96. The molecule has 2 amide bonds. The number of amides is 2. The molecule has 2 aliphatic rings. The van der Waals surface area contributed by atoms with Crippen LogP contribution in [-0.2, 0) is 9.53 Å². The van der Waals surface area contributed by atoms with Gasteiger partial charge in [0.25, 0.3) is 0 Å². The van der Waals surface area contributed by atoms with Crippen LogP contribution in [0.25, 0.3) is 0 Å². The second-order valence-corrected chi connectivity index (χ2v) is 6.52. The Kier molecular flexibility index (Phi) is 4.25. The normalized spacial score (nSPS) is 34.2. The number of hydrogen-bond acceptors (Lipinski definition) is 4. The molecule has 2 saturated heterocycles. The fourth-order valence-corrected chi connectivity index (χ4v) is 3.60. The van der Waals surface area contributed by atoms with Gasteiger partial charge in [-0.15, -0.1) is 0 Å². The highest BCUT2D eigenvalue weighted by molar-refractivity contribution is 7.99. The Morgan fingerprint density at radius 1 is 1.53 bits per heavy atom. The number of hydrogen-bond donors (Lipinski definition) is 2. The molecule has 3 atom stereocenters. The summed E-state index contributed by atoms with van der Waals surface area (Å²) in [6, 6.07) is -0.451. The molecule has 0 aromatic carbocycles. The Labute approximate surface area is 116 Å². The van der Waals surface area contributed by atoms with Gasteiger partial charge in [-0.05, 0) is 19.1 Å². The lowest BCUT2D eigenvalue weighted by molar-refractivity contribution is -0.148. The predicted molar refractivity (Wildman–Crippen MR) is 72.4 cm³/mol. The van der Waals surface area contributed by atoms with Crippen LogP contribution < -0.4 is 5.32 Å². The molecule has 2 aliphatic heterocycles. The first-order valence-corrected chi connectivity index (χ1v) is 7.53. The fraction of sp³-hybridized carbons (Fsp3) is 0.833. The smallest absolute Gasteiger partial charge is 0.317 e. The van der Waals surface area contributed by atoms with E-state index in [1.54, 1.807) is 18.9 Å². The summed E-state index contributed by atoms with van der Waals surface area (Å²) in [6.07, 6.45) is 0.992. The van der Waals surface area contributed by atoms with E-state index in [1.807, 2.05) is 11.8 Å². The largest absolute Gasteiger partial charge is 0.481 e. The van der Waals surface area contributed by atoms with Gasteiger partial charge in [-0.3, -0.25) is 4.79 Å². The summed E-state index contributed by atoms with van der Waals surface area (Å²) in [5, 5.41) is 12.1. The second-order valence-electron chi connectivity index (χ2n) is 5.37. The number of carbonyl (C=O) groups excluding carboxylic acids is 1. The van der Waals surface area contributed by atoms with Gasteiger partial charge < -0.3 is 20.1 Å². The van der Waals surface area contributed by atoms with Gasteiger partial charge in [0.05, 0.1) is 19.3 Å². The van der Waals surface area contributed by atoms with E-state index in [-0.39, 0.29) is 25.3 Å². The summed E-state index contributed by atoms with van der Waals surface area (Å²) in [5.74, 6) is 1.08. The number of thioether (sulfide) groups is 1. The zero-order chi connectivity index (χ0) is 14.0. The number of nitrogens with zero attached hydrogens (tertiary/aromatic N) is 1. The second kappa shape index (κ2) is 5.58. The van der Waals surface area contributed by atoms with Crippen LogP contribution in [0, 0.1) is 5.41 Å². The molecule has 0 spiro atoms. The SMILES string of the molecule is CN(C(=O)NC1COCC1(C)C(=O)O)C1CCSC1. The lowest BCUT2D eigenvalue weighted by atomic mass is 9.85. The maximum atomic E-state index is 12.2. The number of carboxylic acid groups (broad SMARTS) is 1. The van der Waals surface area contributed by atoms with E-state index in [2.05, 4.69) is 5.32 Å². The fourth-order valence-electron chi connectivity index (χ4n) is 2.33. The molecular weight excluding hydrogens is 268 g/mol. The molecule has 0 aromatic rings. The van der Waals surface area contributed by atoms with Crippen LogP contribution in [0.3, 0.4) is 0 Å². The van der Waals surface area contributed by atoms with Crippen LogP contribution in [0.5, 0.6) is 0 Å². The minimum absolute atomic E-state index is 0.135. The highest BCUT2D eigenvalue weighted by Crippen LogP contribution is 2.29. The standard InChI is InChI=1S/C12H20N2O4S/c1-12(10(15)16)7-18-5-9(12)13-11(17)14(2)8-3-4-19-6-8/h8-9H,3-7H2,1-2H3,(H,13,17)(H,15,16). The van der Waals surface area contributed by atoms with E-state index in [0.29, 0.717) is 0 Å². The van der Waals surface area contributed by atoms with Crippen LogP contribution in [0.2, 0.25) is 0 Å². The predicted octanol–water partition coefficient (Wildman–Crippen LogP) is 0.623. The van der Waals surface area contributed by atoms with E-state index >= 15 is 0 Å². The summed E-state index contributed by atoms with van der Waals surface area (Å²) in [4.78, 5) is 25.1. The molecule has 0 saturated carbocycles. The van der Waals surface area contributed by atoms with Crippen molar-refractivity contribution in [1.29, 1.82) is 0 Å². The van der Waals surface area contributed by atoms with Gasteiger partial charge in [-0.2, -0.15) is 11.8 Å². The molecule has 0 radical (unpaired) electrons. The zero-order valence-electron chi connectivity index (χ0n) is 11.2. The van der Waals surface area contributed by atoms with Gasteiger partial charge in [0.2, 0.25) is 0 Å². The molecule has 2 fully saturated rings. The first-order chi connectivity index (χ1) is 8.95. The van der Waals surface area contributed by atoms with E-state index in [4.69, 9.17) is 4.74 Å². The maximum absolute atomic E-state index is 12.2. The van der Waals surface area contributed by atoms with Crippen LogP contribution in [0.15, 0.2) is 0 Å². The number of nitrogens with one attached hydrogen (secondary N) is 1. The van der Waals surface area contributed by atoms with E-state index in [0.717, 1.165) is 17.9 Å². The van der Waals surface area contributed by atoms with E-state index in [1.165, 1.54) is 0 Å². The summed E-state index contributed by atoms with van der Waals surface area (Å²) in [6.45, 7) is 2.00. The van der Waals surface area contributed by atoms with E-state index in [9.17, 15) is 14.7 Å². The number of urea groups is 1. The lowest BCUT2D eigenvalue weighted by Gasteiger charge is -2.30. The first kappa shape index (κ1) is 14.5. The topological polar surface area (TPSA) is 78.9 Å². The molecule has 2 N–H and O–H groups in total. The van der Waals surface area contributed by atoms with Crippen molar-refractivity contribution in [2.45, 2.75) is 25.4 Å². The minimum Gasteiger partial charge on any atom is -0.481 e. The summed E-state index contributed by atoms with van der Waals surface area (Å²) < 4.78 is 5.22. The molecule has 108 valence electrons. The third kappa shape index (κ3) is 2.81. The Morgan fingerprint density at radius 3 is 2.84 bits per heavy atom. The van der Waals surface area contributed by atoms with Gasteiger partial charge in [0, 0.05) is 18.8 Å². The Morgan fingerprint density at radius 2 is 2.26 bits per heavy atom. The molecule has 0 aliphatic carbocycles. The number of carboxylic acids is 1. The van der Waals surface area contributed by atoms with Gasteiger partial charge in [0.1, 0.15) is 5.41 Å². The van der Waals surface area contributed by atoms with Crippen LogP contribution in [0.1, 0.15) is 13.3 Å². The Hall–Kier alpha value is -0.950. The number of aliphatic carboxylic acids is 1. The zero-order valence-corrected chi connectivity index (χ0v) is 12.0. The lowest BCUT2D eigenvalue weighted by Crippen LogP contribution is -2.54. The summed E-state index contributed by atoms with van der Waals surface area (Å²) >= 11 is 1.83. The third-order valence-corrected chi connectivity index (χ3v) is 5.16. The molecule has 2 heterocycles. The molecule has 6 nitrogen and oxygen atoms in total. The van der Waals surface area contributed by atoms with Crippen molar-refractivity contribution in [3.8, 4) is 0 Å². The molecule has 3 unspecified atom stereocenters. The molecule has 2 rings (SSSR count). The monoisotopic (exact) mass is 288 g/mol. The van der Waals surface area contributed by atoms with Gasteiger partial charge >= 0.3 is 12.0 Å². The van der Waals surface area contributed by atoms with Crippen molar-refractivity contribution < 1.29 is 19.4 Å². The number of rotatable bonds is 3. The van der Waals surface area contributed by atoms with Crippen LogP contribution >= 0.6 is 11.8 Å². The van der Waals surface area contributed by atoms with Gasteiger partial charge in [-0.1, -0.05) is 0 Å². The summed E-state index contributed by atoms with van der Waals surface area (Å²) in [7, 11) is 1.76. The average Bonchev–Trinajstić information content (AvgIpc) is 2.99. The molecule has 7 heteroatoms. The highest BCUT2D eigenvalue weighted by Gasteiger charge is 2.47. The van der Waals surface area contributed by atoms with Crippen molar-refractivity contribution in [2.75, 3.05) is 31.8 Å². The number of carbonyl (C=O) groups is 2. The highest BCUT2D eigenvalue weighted by atomic mass is 32.2. The molecular formula is C12H20N2O4S. The van der Waals surface area contributed by atoms with Crippen molar-refractivity contribution in [2.24, 2.45) is 5.41 Å². The van der Waals surface area contributed by atoms with Crippen molar-refractivity contribution in [3.63, 3.8) is 0 Å². The summed E-state index contributed by atoms with van der Waals surface area (Å²) in [5.41, 5.74) is -1.04. The van der Waals surface area contributed by atoms with E-state index < -0.39 is 17.4 Å². The van der Waals surface area contributed by atoms with Crippen molar-refractivity contribution in [3.05, 3.63) is 0 Å². The van der Waals surface area contributed by atoms with Crippen LogP contribution in [-0.4, -0.2) is 65.9 Å². The molecule has 19 heavy (non-hydrogen) atoms. The van der Waals surface area contributed by atoms with Crippen LogP contribution in [0.4, 0.5) is 4.79 Å². The average molecular weight is 288 g/mol. The third-order valence-electron chi connectivity index (χ3n) is 4.02. The van der Waals surface area contributed by atoms with Crippen molar-refractivity contribution in [1.82, 2.24) is 10.2 Å². The Bertz CT molecular complexity index is 373. The maximum Gasteiger partial charge on any atom is 0.317 e. The minimum atomic E-state index is -1.04. The van der Waals surface area contributed by atoms with Gasteiger partial charge in [-0.25, -0.2) is 4.79 Å². The quantitative estimate of drug-likeness (QED) is 0.796. The van der Waals surface area contributed by atoms with Crippen molar-refractivity contribution >= 4 is 23.8 Å². The van der Waals surface area contributed by atoms with Gasteiger partial charge in [0.15, 0.2) is 0 Å². The molecule has 0 aromatic heterocycles.